The minimum atomic E-state index is -0.282. The van der Waals surface area contributed by atoms with Crippen LogP contribution >= 0.6 is 0 Å². The van der Waals surface area contributed by atoms with Crippen LogP contribution in [-0.2, 0) is 11.2 Å². The molecule has 3 rings (SSSR count). The molecule has 0 bridgehead atoms. The first kappa shape index (κ1) is 12.6. The molecule has 3 unspecified atom stereocenters. The predicted octanol–water partition coefficient (Wildman–Crippen LogP) is 1.60. The van der Waals surface area contributed by atoms with E-state index >= 15 is 0 Å². The fourth-order valence-electron chi connectivity index (χ4n) is 3.33. The lowest BCUT2D eigenvalue weighted by molar-refractivity contribution is -0.129. The van der Waals surface area contributed by atoms with Gasteiger partial charge >= 0.3 is 0 Å². The van der Waals surface area contributed by atoms with E-state index in [1.165, 1.54) is 12.1 Å². The van der Waals surface area contributed by atoms with Crippen LogP contribution in [0.3, 0.4) is 0 Å². The summed E-state index contributed by atoms with van der Waals surface area (Å²) in [6, 6.07) is 6.06. The number of aliphatic hydroxyl groups excluding tert-OH is 1. The summed E-state index contributed by atoms with van der Waals surface area (Å²) in [6.07, 6.45) is 1.96. The smallest absolute Gasteiger partial charge is 0.227 e. The molecule has 19 heavy (non-hydrogen) atoms. The third kappa shape index (κ3) is 2.50. The molecule has 102 valence electrons. The van der Waals surface area contributed by atoms with Crippen molar-refractivity contribution in [2.45, 2.75) is 25.4 Å². The van der Waals surface area contributed by atoms with E-state index in [4.69, 9.17) is 0 Å². The number of hydrogen-bond acceptors (Lipinski definition) is 2. The number of hydrogen-bond donors (Lipinski definition) is 1. The number of likely N-dealkylation sites (tertiary alicyclic amines) is 1. The van der Waals surface area contributed by atoms with E-state index in [1.54, 1.807) is 12.1 Å². The van der Waals surface area contributed by atoms with E-state index in [2.05, 4.69) is 0 Å². The van der Waals surface area contributed by atoms with Gasteiger partial charge in [-0.1, -0.05) is 12.1 Å². The van der Waals surface area contributed by atoms with Crippen LogP contribution in [0.1, 0.15) is 18.4 Å². The van der Waals surface area contributed by atoms with Gasteiger partial charge in [-0.2, -0.15) is 0 Å². The Balaban J connectivity index is 1.61. The Kier molecular flexibility index (Phi) is 3.27. The number of carbonyl (C=O) groups is 1. The molecular formula is C15H18FNO2. The second kappa shape index (κ2) is 4.93. The van der Waals surface area contributed by atoms with Crippen molar-refractivity contribution >= 4 is 5.91 Å². The van der Waals surface area contributed by atoms with Crippen LogP contribution in [0.5, 0.6) is 0 Å². The van der Waals surface area contributed by atoms with Gasteiger partial charge in [0.15, 0.2) is 0 Å². The first-order valence-electron chi connectivity index (χ1n) is 6.84. The summed E-state index contributed by atoms with van der Waals surface area (Å²) in [4.78, 5) is 14.0. The third-order valence-electron chi connectivity index (χ3n) is 4.44. The summed E-state index contributed by atoms with van der Waals surface area (Å²) >= 11 is 0. The van der Waals surface area contributed by atoms with E-state index in [-0.39, 0.29) is 23.7 Å². The fraction of sp³-hybridized carbons (Fsp3) is 0.533. The maximum atomic E-state index is 12.8. The van der Waals surface area contributed by atoms with Crippen molar-refractivity contribution in [3.63, 3.8) is 0 Å². The highest BCUT2D eigenvalue weighted by Crippen LogP contribution is 2.38. The third-order valence-corrected chi connectivity index (χ3v) is 4.44. The zero-order chi connectivity index (χ0) is 13.4. The summed E-state index contributed by atoms with van der Waals surface area (Å²) in [5.74, 6) is 0.521. The zero-order valence-electron chi connectivity index (χ0n) is 10.8. The topological polar surface area (TPSA) is 40.5 Å². The van der Waals surface area contributed by atoms with Crippen molar-refractivity contribution in [2.75, 3.05) is 13.1 Å². The lowest BCUT2D eigenvalue weighted by Gasteiger charge is -2.18. The van der Waals surface area contributed by atoms with E-state index in [0.29, 0.717) is 18.9 Å². The van der Waals surface area contributed by atoms with Crippen LogP contribution in [-0.4, -0.2) is 35.1 Å². The van der Waals surface area contributed by atoms with Crippen LogP contribution in [0.4, 0.5) is 4.39 Å². The number of aliphatic hydroxyl groups is 1. The van der Waals surface area contributed by atoms with Gasteiger partial charge in [0.05, 0.1) is 12.5 Å². The van der Waals surface area contributed by atoms with Gasteiger partial charge in [-0.25, -0.2) is 4.39 Å². The lowest BCUT2D eigenvalue weighted by Crippen LogP contribution is -2.32. The molecule has 4 heteroatoms. The van der Waals surface area contributed by atoms with E-state index < -0.39 is 0 Å². The Morgan fingerprint density at radius 1 is 1.26 bits per heavy atom. The molecule has 3 nitrogen and oxygen atoms in total. The summed E-state index contributed by atoms with van der Waals surface area (Å²) in [5.41, 5.74) is 0.837. The van der Waals surface area contributed by atoms with Crippen molar-refractivity contribution in [2.24, 2.45) is 11.8 Å². The first-order valence-corrected chi connectivity index (χ1v) is 6.84. The molecule has 1 saturated heterocycles. The van der Waals surface area contributed by atoms with Crippen molar-refractivity contribution in [3.8, 4) is 0 Å². The van der Waals surface area contributed by atoms with Gasteiger partial charge in [0.1, 0.15) is 5.82 Å². The first-order chi connectivity index (χ1) is 9.13. The quantitative estimate of drug-likeness (QED) is 0.880. The summed E-state index contributed by atoms with van der Waals surface area (Å²) < 4.78 is 12.8. The average molecular weight is 263 g/mol. The molecule has 2 fully saturated rings. The predicted molar refractivity (Wildman–Crippen MR) is 68.9 cm³/mol. The van der Waals surface area contributed by atoms with E-state index in [1.807, 2.05) is 4.90 Å². The zero-order valence-corrected chi connectivity index (χ0v) is 10.8. The van der Waals surface area contributed by atoms with Crippen LogP contribution in [0.2, 0.25) is 0 Å². The standard InChI is InChI=1S/C15H18FNO2/c16-12-4-1-10(2-5-12)7-15(19)17-8-11-3-6-14(18)13(11)9-17/h1-2,4-5,11,13-14,18H,3,6-9H2. The van der Waals surface area contributed by atoms with Crippen LogP contribution in [0.15, 0.2) is 24.3 Å². The second-order valence-corrected chi connectivity index (χ2v) is 5.67. The molecule has 1 amide bonds. The van der Waals surface area contributed by atoms with Gasteiger partial charge in [0, 0.05) is 19.0 Å². The Labute approximate surface area is 112 Å². The molecule has 3 atom stereocenters. The minimum Gasteiger partial charge on any atom is -0.393 e. The summed E-state index contributed by atoms with van der Waals surface area (Å²) in [5, 5.41) is 9.84. The Morgan fingerprint density at radius 2 is 2.00 bits per heavy atom. The highest BCUT2D eigenvalue weighted by Gasteiger charge is 2.43. The highest BCUT2D eigenvalue weighted by molar-refractivity contribution is 5.79. The number of nitrogens with zero attached hydrogens (tertiary/aromatic N) is 1. The van der Waals surface area contributed by atoms with Gasteiger partial charge in [0.2, 0.25) is 5.91 Å². The molecular weight excluding hydrogens is 245 g/mol. The second-order valence-electron chi connectivity index (χ2n) is 5.67. The van der Waals surface area contributed by atoms with E-state index in [0.717, 1.165) is 24.9 Å². The maximum absolute atomic E-state index is 12.8. The molecule has 0 spiro atoms. The normalized spacial score (nSPS) is 29.6. The molecule has 1 N–H and O–H groups in total. The van der Waals surface area contributed by atoms with Crippen LogP contribution < -0.4 is 0 Å². The number of rotatable bonds is 2. The number of fused-ring (bicyclic) bond motifs is 1. The summed E-state index contributed by atoms with van der Waals surface area (Å²) in [7, 11) is 0. The number of halogens is 1. The van der Waals surface area contributed by atoms with Gasteiger partial charge in [-0.15, -0.1) is 0 Å². The van der Waals surface area contributed by atoms with Crippen LogP contribution in [0, 0.1) is 17.7 Å². The summed E-state index contributed by atoms with van der Waals surface area (Å²) in [6.45, 7) is 1.44. The Bertz CT molecular complexity index is 474. The lowest BCUT2D eigenvalue weighted by atomic mass is 10.00. The molecule has 1 aliphatic carbocycles. The van der Waals surface area contributed by atoms with Gasteiger partial charge in [-0.3, -0.25) is 4.79 Å². The maximum Gasteiger partial charge on any atom is 0.227 e. The molecule has 1 heterocycles. The van der Waals surface area contributed by atoms with Crippen molar-refractivity contribution < 1.29 is 14.3 Å². The monoisotopic (exact) mass is 263 g/mol. The largest absolute Gasteiger partial charge is 0.393 e. The molecule has 1 aromatic carbocycles. The van der Waals surface area contributed by atoms with Gasteiger partial charge in [0.25, 0.3) is 0 Å². The van der Waals surface area contributed by atoms with E-state index in [9.17, 15) is 14.3 Å². The Morgan fingerprint density at radius 3 is 2.68 bits per heavy atom. The minimum absolute atomic E-state index is 0.0770. The molecule has 2 aliphatic rings. The average Bonchev–Trinajstić information content (AvgIpc) is 2.95. The highest BCUT2D eigenvalue weighted by atomic mass is 19.1. The van der Waals surface area contributed by atoms with Gasteiger partial charge < -0.3 is 10.0 Å². The van der Waals surface area contributed by atoms with Crippen molar-refractivity contribution in [1.29, 1.82) is 0 Å². The van der Waals surface area contributed by atoms with Crippen molar-refractivity contribution in [3.05, 3.63) is 35.6 Å². The molecule has 1 saturated carbocycles. The molecule has 1 aliphatic heterocycles. The number of benzene rings is 1. The molecule has 0 aromatic heterocycles. The number of carbonyl (C=O) groups excluding carboxylic acids is 1. The molecule has 1 aromatic rings. The van der Waals surface area contributed by atoms with Gasteiger partial charge in [-0.05, 0) is 36.5 Å². The van der Waals surface area contributed by atoms with Crippen LogP contribution in [0.25, 0.3) is 0 Å². The molecule has 0 radical (unpaired) electrons. The fourth-order valence-corrected chi connectivity index (χ4v) is 3.33. The van der Waals surface area contributed by atoms with Crippen molar-refractivity contribution in [1.82, 2.24) is 4.90 Å². The number of amides is 1. The Hall–Kier alpha value is -1.42. The SMILES string of the molecule is O=C(Cc1ccc(F)cc1)N1CC2CCC(O)C2C1.